The van der Waals surface area contributed by atoms with Crippen molar-refractivity contribution in [2.75, 3.05) is 24.5 Å². The Balaban J connectivity index is 1.60. The summed E-state index contributed by atoms with van der Waals surface area (Å²) in [6.45, 7) is 6.72. The van der Waals surface area contributed by atoms with Gasteiger partial charge in [-0.2, -0.15) is 0 Å². The molecule has 0 radical (unpaired) electrons. The maximum absolute atomic E-state index is 13.0. The SMILES string of the molecule is CC(C)CN1c2cccnc2-n2cccc2[C@]12CCN(C(=O)c1ccco1)C2. The molecule has 28 heavy (non-hydrogen) atoms. The average molecular weight is 376 g/mol. The second kappa shape index (κ2) is 6.26. The predicted octanol–water partition coefficient (Wildman–Crippen LogP) is 3.68. The number of amides is 1. The molecule has 6 nitrogen and oxygen atoms in total. The van der Waals surface area contributed by atoms with Crippen molar-refractivity contribution in [2.45, 2.75) is 25.8 Å². The topological polar surface area (TPSA) is 54.5 Å². The first kappa shape index (κ1) is 17.1. The summed E-state index contributed by atoms with van der Waals surface area (Å²) in [6, 6.07) is 11.9. The van der Waals surface area contributed by atoms with Crippen LogP contribution in [0.2, 0.25) is 0 Å². The third kappa shape index (κ3) is 2.40. The van der Waals surface area contributed by atoms with Crippen molar-refractivity contribution in [3.63, 3.8) is 0 Å². The third-order valence-electron chi connectivity index (χ3n) is 5.84. The maximum atomic E-state index is 13.0. The van der Waals surface area contributed by atoms with Crippen LogP contribution in [0.3, 0.4) is 0 Å². The van der Waals surface area contributed by atoms with E-state index in [1.807, 2.05) is 17.2 Å². The van der Waals surface area contributed by atoms with Crippen LogP contribution in [0.4, 0.5) is 5.69 Å². The highest BCUT2D eigenvalue weighted by atomic mass is 16.3. The lowest BCUT2D eigenvalue weighted by atomic mass is 9.88. The van der Waals surface area contributed by atoms with E-state index in [2.05, 4.69) is 52.7 Å². The molecule has 1 fully saturated rings. The molecule has 0 aliphatic carbocycles. The van der Waals surface area contributed by atoms with Gasteiger partial charge in [-0.1, -0.05) is 13.8 Å². The molecular weight excluding hydrogens is 352 g/mol. The maximum Gasteiger partial charge on any atom is 0.289 e. The van der Waals surface area contributed by atoms with Gasteiger partial charge in [-0.3, -0.25) is 4.79 Å². The summed E-state index contributed by atoms with van der Waals surface area (Å²) < 4.78 is 7.55. The quantitative estimate of drug-likeness (QED) is 0.700. The van der Waals surface area contributed by atoms with Crippen molar-refractivity contribution in [3.8, 4) is 5.82 Å². The second-order valence-corrected chi connectivity index (χ2v) is 8.10. The van der Waals surface area contributed by atoms with E-state index in [1.54, 1.807) is 18.4 Å². The van der Waals surface area contributed by atoms with Crippen molar-refractivity contribution < 1.29 is 9.21 Å². The molecule has 3 aromatic rings. The van der Waals surface area contributed by atoms with Gasteiger partial charge in [-0.05, 0) is 48.7 Å². The second-order valence-electron chi connectivity index (χ2n) is 8.10. The van der Waals surface area contributed by atoms with Crippen LogP contribution in [0.1, 0.15) is 36.5 Å². The molecule has 0 aromatic carbocycles. The number of likely N-dealkylation sites (tertiary alicyclic amines) is 1. The van der Waals surface area contributed by atoms with E-state index < -0.39 is 0 Å². The van der Waals surface area contributed by atoms with Crippen LogP contribution in [-0.2, 0) is 5.54 Å². The molecule has 2 aliphatic rings. The molecule has 0 N–H and O–H groups in total. The molecule has 3 aromatic heterocycles. The molecule has 0 saturated carbocycles. The number of pyridine rings is 1. The normalized spacial score (nSPS) is 20.7. The molecule has 1 saturated heterocycles. The van der Waals surface area contributed by atoms with Crippen LogP contribution in [0.5, 0.6) is 0 Å². The van der Waals surface area contributed by atoms with Crippen LogP contribution in [0.15, 0.2) is 59.5 Å². The van der Waals surface area contributed by atoms with E-state index in [0.29, 0.717) is 24.8 Å². The smallest absolute Gasteiger partial charge is 0.289 e. The highest BCUT2D eigenvalue weighted by molar-refractivity contribution is 5.92. The highest BCUT2D eigenvalue weighted by Crippen LogP contribution is 2.47. The zero-order valence-electron chi connectivity index (χ0n) is 16.2. The van der Waals surface area contributed by atoms with Crippen LogP contribution in [0.25, 0.3) is 5.82 Å². The summed E-state index contributed by atoms with van der Waals surface area (Å²) in [5.41, 5.74) is 2.08. The summed E-state index contributed by atoms with van der Waals surface area (Å²) in [4.78, 5) is 22.0. The Morgan fingerprint density at radius 3 is 2.93 bits per heavy atom. The van der Waals surface area contributed by atoms with Crippen LogP contribution in [0, 0.1) is 5.92 Å². The molecular formula is C22H24N4O2. The highest BCUT2D eigenvalue weighted by Gasteiger charge is 2.51. The van der Waals surface area contributed by atoms with E-state index in [-0.39, 0.29) is 11.4 Å². The standard InChI is InChI=1S/C22H24N4O2/c1-16(2)14-26-17-6-3-10-23-20(17)25-11-4-8-19(25)22(26)9-12-24(15-22)21(27)18-7-5-13-28-18/h3-8,10-11,13,16H,9,12,14-15H2,1-2H3/t22-/m1/s1. The fourth-order valence-electron chi connectivity index (χ4n) is 4.69. The van der Waals surface area contributed by atoms with Gasteiger partial charge in [0.2, 0.25) is 0 Å². The van der Waals surface area contributed by atoms with Gasteiger partial charge in [0.05, 0.1) is 24.2 Å². The Morgan fingerprint density at radius 2 is 2.14 bits per heavy atom. The van der Waals surface area contributed by atoms with Crippen molar-refractivity contribution in [2.24, 2.45) is 5.92 Å². The van der Waals surface area contributed by atoms with Crippen molar-refractivity contribution >= 4 is 11.6 Å². The number of nitrogens with zero attached hydrogens (tertiary/aromatic N) is 4. The molecule has 1 atom stereocenters. The zero-order chi connectivity index (χ0) is 19.3. The number of aromatic nitrogens is 2. The van der Waals surface area contributed by atoms with Gasteiger partial charge in [0, 0.05) is 25.5 Å². The number of anilines is 1. The Kier molecular flexibility index (Phi) is 3.82. The molecule has 1 amide bonds. The van der Waals surface area contributed by atoms with Gasteiger partial charge >= 0.3 is 0 Å². The molecule has 0 bridgehead atoms. The van der Waals surface area contributed by atoms with Gasteiger partial charge < -0.3 is 18.8 Å². The molecule has 0 unspecified atom stereocenters. The number of fused-ring (bicyclic) bond motifs is 4. The first-order chi connectivity index (χ1) is 13.6. The van der Waals surface area contributed by atoms with Gasteiger partial charge in [0.15, 0.2) is 11.6 Å². The zero-order valence-corrected chi connectivity index (χ0v) is 16.2. The van der Waals surface area contributed by atoms with Crippen molar-refractivity contribution in [1.29, 1.82) is 0 Å². The predicted molar refractivity (Wildman–Crippen MR) is 107 cm³/mol. The summed E-state index contributed by atoms with van der Waals surface area (Å²) >= 11 is 0. The summed E-state index contributed by atoms with van der Waals surface area (Å²) in [6.07, 6.45) is 6.35. The number of carbonyl (C=O) groups excluding carboxylic acids is 1. The molecule has 6 heteroatoms. The van der Waals surface area contributed by atoms with Crippen molar-refractivity contribution in [1.82, 2.24) is 14.5 Å². The Labute approximate surface area is 164 Å². The fourth-order valence-corrected chi connectivity index (χ4v) is 4.69. The van der Waals surface area contributed by atoms with Gasteiger partial charge in [0.25, 0.3) is 5.91 Å². The van der Waals surface area contributed by atoms with Gasteiger partial charge in [0.1, 0.15) is 5.54 Å². The Morgan fingerprint density at radius 1 is 1.25 bits per heavy atom. The van der Waals surface area contributed by atoms with E-state index in [1.165, 1.54) is 5.69 Å². The average Bonchev–Trinajstić information content (AvgIpc) is 3.45. The minimum Gasteiger partial charge on any atom is -0.459 e. The van der Waals surface area contributed by atoms with Gasteiger partial charge in [-0.25, -0.2) is 4.98 Å². The lowest BCUT2D eigenvalue weighted by Gasteiger charge is -2.47. The number of rotatable bonds is 3. The van der Waals surface area contributed by atoms with E-state index in [4.69, 9.17) is 4.42 Å². The molecule has 2 aliphatic heterocycles. The summed E-state index contributed by atoms with van der Waals surface area (Å²) in [5.74, 6) is 1.81. The first-order valence-electron chi connectivity index (χ1n) is 9.84. The molecule has 5 rings (SSSR count). The number of hydrogen-bond acceptors (Lipinski definition) is 4. The lowest BCUT2D eigenvalue weighted by molar-refractivity contribution is 0.0750. The summed E-state index contributed by atoms with van der Waals surface area (Å²) in [7, 11) is 0. The lowest BCUT2D eigenvalue weighted by Crippen LogP contribution is -2.54. The minimum absolute atomic E-state index is 0.0403. The molecule has 144 valence electrons. The largest absolute Gasteiger partial charge is 0.459 e. The third-order valence-corrected chi connectivity index (χ3v) is 5.84. The summed E-state index contributed by atoms with van der Waals surface area (Å²) in [5, 5.41) is 0. The fraction of sp³-hybridized carbons (Fsp3) is 0.364. The van der Waals surface area contributed by atoms with E-state index >= 15 is 0 Å². The number of furan rings is 1. The molecule has 1 spiro atoms. The van der Waals surface area contributed by atoms with Crippen molar-refractivity contribution in [3.05, 3.63) is 66.5 Å². The Bertz CT molecular complexity index is 1010. The number of hydrogen-bond donors (Lipinski definition) is 0. The number of carbonyl (C=O) groups is 1. The van der Waals surface area contributed by atoms with Gasteiger partial charge in [-0.15, -0.1) is 0 Å². The van der Waals surface area contributed by atoms with E-state index in [9.17, 15) is 4.79 Å². The Hall–Kier alpha value is -3.02. The molecule has 5 heterocycles. The van der Waals surface area contributed by atoms with Crippen LogP contribution in [-0.4, -0.2) is 40.0 Å². The minimum atomic E-state index is -0.258. The van der Waals surface area contributed by atoms with Crippen LogP contribution < -0.4 is 4.90 Å². The van der Waals surface area contributed by atoms with E-state index in [0.717, 1.165) is 24.5 Å². The monoisotopic (exact) mass is 376 g/mol. The first-order valence-corrected chi connectivity index (χ1v) is 9.84. The van der Waals surface area contributed by atoms with Crippen LogP contribution >= 0.6 is 0 Å².